The molecule has 176 valence electrons. The van der Waals surface area contributed by atoms with Crippen LogP contribution in [-0.2, 0) is 9.09 Å². The smallest absolute Gasteiger partial charge is 0.303 e. The maximum atomic E-state index is 11.4. The van der Waals surface area contributed by atoms with E-state index in [0.29, 0.717) is 0 Å². The minimum absolute atomic E-state index is 0.205. The predicted octanol–water partition coefficient (Wildman–Crippen LogP) is 8.55. The van der Waals surface area contributed by atoms with Crippen LogP contribution in [0, 0.1) is 5.92 Å². The van der Waals surface area contributed by atoms with E-state index in [2.05, 4.69) is 20.8 Å². The Morgan fingerprint density at radius 1 is 0.621 bits per heavy atom. The Hall–Kier alpha value is 0.110. The average molecular weight is 435 g/mol. The van der Waals surface area contributed by atoms with Crippen LogP contribution >= 0.6 is 7.82 Å². The maximum Gasteiger partial charge on any atom is 0.469 e. The molecule has 0 aromatic heterocycles. The second kappa shape index (κ2) is 20.0. The van der Waals surface area contributed by atoms with Crippen LogP contribution in [0.2, 0.25) is 0 Å². The summed E-state index contributed by atoms with van der Waals surface area (Å²) >= 11 is 0. The summed E-state index contributed by atoms with van der Waals surface area (Å²) in [5, 5.41) is 0. The van der Waals surface area contributed by atoms with E-state index < -0.39 is 7.82 Å². The van der Waals surface area contributed by atoms with E-state index in [9.17, 15) is 14.4 Å². The highest BCUT2D eigenvalue weighted by Crippen LogP contribution is 2.41. The molecule has 29 heavy (non-hydrogen) atoms. The molecule has 4 nitrogen and oxygen atoms in total. The fourth-order valence-electron chi connectivity index (χ4n) is 4.06. The van der Waals surface area contributed by atoms with Crippen LogP contribution in [0.1, 0.15) is 143 Å². The third kappa shape index (κ3) is 21.1. The highest BCUT2D eigenvalue weighted by molar-refractivity contribution is 7.46. The highest BCUT2D eigenvalue weighted by Gasteiger charge is 2.26. The van der Waals surface area contributed by atoms with Gasteiger partial charge < -0.3 is 9.79 Å². The lowest BCUT2D eigenvalue weighted by atomic mass is 9.93. The Morgan fingerprint density at radius 3 is 1.34 bits per heavy atom. The SMILES string of the molecule is CCCCCCCCCCCCCC(OP(=O)(O)O)C(C)CCCCCCCC. The molecule has 0 aromatic carbocycles. The van der Waals surface area contributed by atoms with Gasteiger partial charge in [-0.3, -0.25) is 4.52 Å². The Balaban J connectivity index is 3.90. The van der Waals surface area contributed by atoms with Crippen molar-refractivity contribution < 1.29 is 18.9 Å². The van der Waals surface area contributed by atoms with Gasteiger partial charge in [0.1, 0.15) is 0 Å². The number of hydrogen-bond acceptors (Lipinski definition) is 2. The molecule has 2 atom stereocenters. The van der Waals surface area contributed by atoms with Crippen molar-refractivity contribution in [1.29, 1.82) is 0 Å². The maximum absolute atomic E-state index is 11.4. The molecular formula is C24H51O4P. The van der Waals surface area contributed by atoms with Crippen molar-refractivity contribution in [3.05, 3.63) is 0 Å². The molecule has 0 spiro atoms. The molecule has 0 aliphatic rings. The van der Waals surface area contributed by atoms with Crippen molar-refractivity contribution in [1.82, 2.24) is 0 Å². The average Bonchev–Trinajstić information content (AvgIpc) is 2.66. The van der Waals surface area contributed by atoms with E-state index in [0.717, 1.165) is 32.1 Å². The molecule has 0 bridgehead atoms. The third-order valence-corrected chi connectivity index (χ3v) is 6.56. The van der Waals surface area contributed by atoms with Crippen molar-refractivity contribution in [3.63, 3.8) is 0 Å². The van der Waals surface area contributed by atoms with Gasteiger partial charge in [-0.1, -0.05) is 130 Å². The van der Waals surface area contributed by atoms with Crippen LogP contribution in [0.5, 0.6) is 0 Å². The van der Waals surface area contributed by atoms with Crippen molar-refractivity contribution >= 4 is 7.82 Å². The van der Waals surface area contributed by atoms with Gasteiger partial charge in [-0.25, -0.2) is 4.57 Å². The summed E-state index contributed by atoms with van der Waals surface area (Å²) in [7, 11) is -4.41. The molecule has 2 unspecified atom stereocenters. The quantitative estimate of drug-likeness (QED) is 0.132. The molecule has 2 N–H and O–H groups in total. The molecule has 0 saturated heterocycles. The molecule has 0 aliphatic carbocycles. The number of hydrogen-bond donors (Lipinski definition) is 2. The lowest BCUT2D eigenvalue weighted by Gasteiger charge is -2.24. The Morgan fingerprint density at radius 2 is 0.966 bits per heavy atom. The van der Waals surface area contributed by atoms with Crippen LogP contribution in [0.4, 0.5) is 0 Å². The van der Waals surface area contributed by atoms with Gasteiger partial charge in [-0.05, 0) is 18.8 Å². The lowest BCUT2D eigenvalue weighted by Crippen LogP contribution is -2.21. The van der Waals surface area contributed by atoms with Gasteiger partial charge in [0.25, 0.3) is 0 Å². The van der Waals surface area contributed by atoms with Gasteiger partial charge in [0, 0.05) is 0 Å². The van der Waals surface area contributed by atoms with Gasteiger partial charge in [0.2, 0.25) is 0 Å². The molecule has 0 radical (unpaired) electrons. The molecule has 5 heteroatoms. The number of phosphoric acid groups is 1. The monoisotopic (exact) mass is 434 g/mol. The Labute approximate surface area is 181 Å². The van der Waals surface area contributed by atoms with Gasteiger partial charge in [-0.2, -0.15) is 0 Å². The third-order valence-electron chi connectivity index (χ3n) is 6.01. The minimum atomic E-state index is -4.41. The Bertz CT molecular complexity index is 383. The minimum Gasteiger partial charge on any atom is -0.303 e. The first-order valence-corrected chi connectivity index (χ1v) is 14.2. The molecule has 0 rings (SSSR count). The van der Waals surface area contributed by atoms with E-state index in [4.69, 9.17) is 4.52 Å². The zero-order valence-corrected chi connectivity index (χ0v) is 20.6. The van der Waals surface area contributed by atoms with Crippen LogP contribution in [0.15, 0.2) is 0 Å². The van der Waals surface area contributed by atoms with E-state index in [1.54, 1.807) is 0 Å². The number of rotatable bonds is 22. The molecule has 0 aliphatic heterocycles. The van der Waals surface area contributed by atoms with Gasteiger partial charge in [0.05, 0.1) is 6.10 Å². The summed E-state index contributed by atoms with van der Waals surface area (Å²) in [4.78, 5) is 18.5. The Kier molecular flexibility index (Phi) is 20.1. The lowest BCUT2D eigenvalue weighted by molar-refractivity contribution is 0.0809. The first-order chi connectivity index (χ1) is 13.9. The van der Waals surface area contributed by atoms with Crippen molar-refractivity contribution in [2.45, 2.75) is 149 Å². The normalized spacial score (nSPS) is 14.2. The van der Waals surface area contributed by atoms with Crippen LogP contribution in [-0.4, -0.2) is 15.9 Å². The zero-order chi connectivity index (χ0) is 21.8. The summed E-state index contributed by atoms with van der Waals surface area (Å²) in [6, 6.07) is 0. The second-order valence-corrected chi connectivity index (χ2v) is 10.2. The largest absolute Gasteiger partial charge is 0.469 e. The first kappa shape index (κ1) is 29.1. The fourth-order valence-corrected chi connectivity index (χ4v) is 4.73. The predicted molar refractivity (Wildman–Crippen MR) is 125 cm³/mol. The van der Waals surface area contributed by atoms with Crippen molar-refractivity contribution in [2.24, 2.45) is 5.92 Å². The van der Waals surface area contributed by atoms with E-state index in [-0.39, 0.29) is 12.0 Å². The van der Waals surface area contributed by atoms with Gasteiger partial charge >= 0.3 is 7.82 Å². The highest BCUT2D eigenvalue weighted by atomic mass is 31.2. The topological polar surface area (TPSA) is 66.8 Å². The summed E-state index contributed by atoms with van der Waals surface area (Å²) in [6.45, 7) is 6.57. The van der Waals surface area contributed by atoms with Gasteiger partial charge in [-0.15, -0.1) is 0 Å². The van der Waals surface area contributed by atoms with E-state index in [1.807, 2.05) is 0 Å². The molecular weight excluding hydrogens is 383 g/mol. The molecule has 0 heterocycles. The molecule has 0 amide bonds. The van der Waals surface area contributed by atoms with E-state index >= 15 is 0 Å². The van der Waals surface area contributed by atoms with Gasteiger partial charge in [0.15, 0.2) is 0 Å². The zero-order valence-electron chi connectivity index (χ0n) is 19.7. The van der Waals surface area contributed by atoms with Crippen LogP contribution < -0.4 is 0 Å². The van der Waals surface area contributed by atoms with Crippen molar-refractivity contribution in [2.75, 3.05) is 0 Å². The number of unbranched alkanes of at least 4 members (excludes halogenated alkanes) is 15. The summed E-state index contributed by atoms with van der Waals surface area (Å²) < 4.78 is 16.5. The molecule has 0 fully saturated rings. The fraction of sp³-hybridized carbons (Fsp3) is 1.00. The first-order valence-electron chi connectivity index (χ1n) is 12.6. The second-order valence-electron chi connectivity index (χ2n) is 8.99. The number of phosphoric ester groups is 1. The molecule has 0 saturated carbocycles. The standard InChI is InChI=1S/C24H51O4P/c1-4-6-8-10-12-13-14-15-16-18-20-22-24(28-29(25,26)27)23(3)21-19-17-11-9-7-5-2/h23-24H,4-22H2,1-3H3,(H2,25,26,27). The summed E-state index contributed by atoms with van der Waals surface area (Å²) in [6.07, 6.45) is 23.0. The van der Waals surface area contributed by atoms with Crippen LogP contribution in [0.25, 0.3) is 0 Å². The van der Waals surface area contributed by atoms with E-state index in [1.165, 1.54) is 89.9 Å². The summed E-state index contributed by atoms with van der Waals surface area (Å²) in [5.41, 5.74) is 0. The molecule has 0 aromatic rings. The van der Waals surface area contributed by atoms with Crippen LogP contribution in [0.3, 0.4) is 0 Å². The summed E-state index contributed by atoms with van der Waals surface area (Å²) in [5.74, 6) is 0.205. The van der Waals surface area contributed by atoms with Crippen molar-refractivity contribution in [3.8, 4) is 0 Å².